The fourth-order valence-electron chi connectivity index (χ4n) is 2.31. The average Bonchev–Trinajstić information content (AvgIpc) is 2.54. The second-order valence-corrected chi connectivity index (χ2v) is 7.67. The Balaban J connectivity index is 1.88. The fraction of sp³-hybridized carbons (Fsp3) is 0.278. The lowest BCUT2D eigenvalue weighted by Crippen LogP contribution is -2.25. The van der Waals surface area contributed by atoms with Crippen molar-refractivity contribution in [2.75, 3.05) is 12.8 Å². The van der Waals surface area contributed by atoms with Gasteiger partial charge in [-0.2, -0.15) is 0 Å². The van der Waals surface area contributed by atoms with E-state index in [9.17, 15) is 13.2 Å². The zero-order chi connectivity index (χ0) is 16.9. The first-order valence-corrected chi connectivity index (χ1v) is 9.40. The Morgan fingerprint density at radius 3 is 2.22 bits per heavy atom. The number of carbonyl (C=O) groups excluding carboxylic acids is 1. The average molecular weight is 331 g/mol. The largest absolute Gasteiger partial charge is 0.352 e. The van der Waals surface area contributed by atoms with Crippen LogP contribution in [-0.4, -0.2) is 27.1 Å². The molecule has 0 aliphatic heterocycles. The third-order valence-corrected chi connectivity index (χ3v) is 4.90. The van der Waals surface area contributed by atoms with Crippen molar-refractivity contribution in [1.82, 2.24) is 5.32 Å². The van der Waals surface area contributed by atoms with Crippen LogP contribution >= 0.6 is 0 Å². The molecule has 1 amide bonds. The normalized spacial score (nSPS) is 12.6. The number of carbonyl (C=O) groups is 1. The van der Waals surface area contributed by atoms with Crippen molar-refractivity contribution in [2.45, 2.75) is 24.2 Å². The van der Waals surface area contributed by atoms with Gasteiger partial charge >= 0.3 is 0 Å². The van der Waals surface area contributed by atoms with E-state index in [1.165, 1.54) is 29.8 Å². The number of benzene rings is 2. The summed E-state index contributed by atoms with van der Waals surface area (Å²) in [5, 5.41) is 2.87. The zero-order valence-corrected chi connectivity index (χ0v) is 14.1. The molecule has 0 saturated carbocycles. The van der Waals surface area contributed by atoms with E-state index < -0.39 is 9.84 Å². The molecule has 0 fully saturated rings. The van der Waals surface area contributed by atoms with Crippen LogP contribution in [0.25, 0.3) is 0 Å². The Bertz CT molecular complexity index is 753. The summed E-state index contributed by atoms with van der Waals surface area (Å²) in [6.07, 6.45) is 1.99. The lowest BCUT2D eigenvalue weighted by atomic mass is 9.98. The highest BCUT2D eigenvalue weighted by atomic mass is 32.2. The first-order chi connectivity index (χ1) is 10.9. The van der Waals surface area contributed by atoms with E-state index in [1.807, 2.05) is 18.2 Å². The molecule has 1 atom stereocenters. The minimum Gasteiger partial charge on any atom is -0.352 e. The lowest BCUT2D eigenvalue weighted by molar-refractivity contribution is 0.0952. The molecular weight excluding hydrogens is 310 g/mol. The number of sulfone groups is 1. The van der Waals surface area contributed by atoms with Crippen molar-refractivity contribution < 1.29 is 13.2 Å². The molecule has 0 spiro atoms. The monoisotopic (exact) mass is 331 g/mol. The van der Waals surface area contributed by atoms with E-state index in [2.05, 4.69) is 24.4 Å². The van der Waals surface area contributed by atoms with Gasteiger partial charge in [0, 0.05) is 18.4 Å². The Hall–Kier alpha value is -2.14. The van der Waals surface area contributed by atoms with Crippen LogP contribution in [0.3, 0.4) is 0 Å². The van der Waals surface area contributed by atoms with Gasteiger partial charge < -0.3 is 5.32 Å². The molecule has 2 aromatic carbocycles. The van der Waals surface area contributed by atoms with E-state index in [4.69, 9.17) is 0 Å². The Kier molecular flexibility index (Phi) is 5.55. The summed E-state index contributed by atoms with van der Waals surface area (Å²) in [5.74, 6) is 0.175. The van der Waals surface area contributed by atoms with Gasteiger partial charge in [-0.3, -0.25) is 4.79 Å². The number of hydrogen-bond donors (Lipinski definition) is 1. The highest BCUT2D eigenvalue weighted by Gasteiger charge is 2.10. The predicted octanol–water partition coefficient (Wildman–Crippen LogP) is 3.01. The SMILES string of the molecule is C[C@@H](CCNC(=O)c1ccc(S(C)(=O)=O)cc1)c1ccccc1. The molecular formula is C18H21NO3S. The topological polar surface area (TPSA) is 63.2 Å². The van der Waals surface area contributed by atoms with Crippen molar-refractivity contribution in [3.8, 4) is 0 Å². The van der Waals surface area contributed by atoms with Gasteiger partial charge in [-0.15, -0.1) is 0 Å². The molecule has 0 aromatic heterocycles. The summed E-state index contributed by atoms with van der Waals surface area (Å²) in [6, 6.07) is 16.1. The van der Waals surface area contributed by atoms with Crippen LogP contribution in [0.15, 0.2) is 59.5 Å². The zero-order valence-electron chi connectivity index (χ0n) is 13.3. The number of amides is 1. The third kappa shape index (κ3) is 4.93. The molecule has 0 aliphatic rings. The van der Waals surface area contributed by atoms with Crippen LogP contribution in [0.5, 0.6) is 0 Å². The summed E-state index contributed by atoms with van der Waals surface area (Å²) in [6.45, 7) is 2.70. The first-order valence-electron chi connectivity index (χ1n) is 7.51. The van der Waals surface area contributed by atoms with Gasteiger partial charge in [0.15, 0.2) is 9.84 Å². The molecule has 0 saturated heterocycles. The third-order valence-electron chi connectivity index (χ3n) is 3.78. The second kappa shape index (κ2) is 7.42. The van der Waals surface area contributed by atoms with E-state index in [-0.39, 0.29) is 10.8 Å². The van der Waals surface area contributed by atoms with Crippen molar-refractivity contribution in [3.05, 3.63) is 65.7 Å². The first kappa shape index (κ1) is 17.2. The molecule has 122 valence electrons. The summed E-state index contributed by atoms with van der Waals surface area (Å²) in [7, 11) is -3.24. The minimum atomic E-state index is -3.24. The summed E-state index contributed by atoms with van der Waals surface area (Å²) in [5.41, 5.74) is 1.71. The van der Waals surface area contributed by atoms with Crippen LogP contribution in [0, 0.1) is 0 Å². The van der Waals surface area contributed by atoms with Gasteiger partial charge in [0.2, 0.25) is 0 Å². The Morgan fingerprint density at radius 1 is 1.04 bits per heavy atom. The summed E-state index contributed by atoms with van der Waals surface area (Å²) in [4.78, 5) is 12.3. The van der Waals surface area contributed by atoms with E-state index >= 15 is 0 Å². The van der Waals surface area contributed by atoms with Gasteiger partial charge in [0.05, 0.1) is 4.90 Å². The molecule has 2 rings (SSSR count). The predicted molar refractivity (Wildman–Crippen MR) is 91.4 cm³/mol. The highest BCUT2D eigenvalue weighted by Crippen LogP contribution is 2.17. The van der Waals surface area contributed by atoms with Gasteiger partial charge in [0.1, 0.15) is 0 Å². The number of rotatable bonds is 6. The maximum Gasteiger partial charge on any atom is 0.251 e. The van der Waals surface area contributed by atoms with Crippen LogP contribution in [0.1, 0.15) is 35.2 Å². The molecule has 0 heterocycles. The number of nitrogens with one attached hydrogen (secondary N) is 1. The Labute approximate surface area is 137 Å². The molecule has 23 heavy (non-hydrogen) atoms. The summed E-state index contributed by atoms with van der Waals surface area (Å²) < 4.78 is 22.8. The van der Waals surface area contributed by atoms with E-state index in [1.54, 1.807) is 0 Å². The van der Waals surface area contributed by atoms with Crippen LogP contribution in [0.2, 0.25) is 0 Å². The molecule has 0 unspecified atom stereocenters. The van der Waals surface area contributed by atoms with Gasteiger partial charge in [-0.05, 0) is 42.2 Å². The van der Waals surface area contributed by atoms with Crippen LogP contribution < -0.4 is 5.32 Å². The fourth-order valence-corrected chi connectivity index (χ4v) is 2.94. The number of hydrogen-bond acceptors (Lipinski definition) is 3. The molecule has 0 radical (unpaired) electrons. The standard InChI is InChI=1S/C18H21NO3S/c1-14(15-6-4-3-5-7-15)12-13-19-18(20)16-8-10-17(11-9-16)23(2,21)22/h3-11,14H,12-13H2,1-2H3,(H,19,20)/t14-/m0/s1. The minimum absolute atomic E-state index is 0.190. The lowest BCUT2D eigenvalue weighted by Gasteiger charge is -2.12. The molecule has 0 bridgehead atoms. The van der Waals surface area contributed by atoms with Crippen LogP contribution in [0.4, 0.5) is 0 Å². The molecule has 2 aromatic rings. The molecule has 4 nitrogen and oxygen atoms in total. The molecule has 5 heteroatoms. The maximum atomic E-state index is 12.1. The smallest absolute Gasteiger partial charge is 0.251 e. The quantitative estimate of drug-likeness (QED) is 0.885. The van der Waals surface area contributed by atoms with Gasteiger partial charge in [-0.25, -0.2) is 8.42 Å². The van der Waals surface area contributed by atoms with Crippen molar-refractivity contribution >= 4 is 15.7 Å². The molecule has 0 aliphatic carbocycles. The van der Waals surface area contributed by atoms with Gasteiger partial charge in [-0.1, -0.05) is 37.3 Å². The van der Waals surface area contributed by atoms with Crippen LogP contribution in [-0.2, 0) is 9.84 Å². The van der Waals surface area contributed by atoms with Gasteiger partial charge in [0.25, 0.3) is 5.91 Å². The van der Waals surface area contributed by atoms with Crippen molar-refractivity contribution in [1.29, 1.82) is 0 Å². The second-order valence-electron chi connectivity index (χ2n) is 5.65. The van der Waals surface area contributed by atoms with Crippen molar-refractivity contribution in [2.24, 2.45) is 0 Å². The summed E-state index contributed by atoms with van der Waals surface area (Å²) >= 11 is 0. The maximum absolute atomic E-state index is 12.1. The van der Waals surface area contributed by atoms with E-state index in [0.29, 0.717) is 18.0 Å². The molecule has 1 N–H and O–H groups in total. The Morgan fingerprint density at radius 2 is 1.65 bits per heavy atom. The van der Waals surface area contributed by atoms with Crippen molar-refractivity contribution in [3.63, 3.8) is 0 Å². The van der Waals surface area contributed by atoms with E-state index in [0.717, 1.165) is 12.7 Å². The highest BCUT2D eigenvalue weighted by molar-refractivity contribution is 7.90.